The van der Waals surface area contributed by atoms with E-state index in [1.807, 2.05) is 62.4 Å². The summed E-state index contributed by atoms with van der Waals surface area (Å²) in [7, 11) is 0. The van der Waals surface area contributed by atoms with Crippen LogP contribution in [-0.2, 0) is 0 Å². The first kappa shape index (κ1) is 13.9. The molecule has 1 aromatic heterocycles. The molecule has 0 aliphatic rings. The number of fused-ring (bicyclic) bond motifs is 1. The average Bonchev–Trinajstić information content (AvgIpc) is 2.49. The predicted molar refractivity (Wildman–Crippen MR) is 85.6 cm³/mol. The quantitative estimate of drug-likeness (QED) is 0.589. The largest absolute Gasteiger partial charge is 0.233 e. The molecule has 20 heavy (non-hydrogen) atoms. The van der Waals surface area contributed by atoms with Crippen molar-refractivity contribution in [1.82, 2.24) is 9.97 Å². The molecule has 0 saturated carbocycles. The summed E-state index contributed by atoms with van der Waals surface area (Å²) in [6.45, 7) is 7.27. The summed E-state index contributed by atoms with van der Waals surface area (Å²) in [6, 6.07) is 18.2. The lowest BCUT2D eigenvalue weighted by Crippen LogP contribution is -1.93. The van der Waals surface area contributed by atoms with Crippen LogP contribution in [0.2, 0.25) is 0 Å². The number of aryl methyl sites for hydroxylation is 1. The van der Waals surface area contributed by atoms with Crippen molar-refractivity contribution < 1.29 is 0 Å². The SMILES string of the molecule is C=CC.Cc1nc(-c2ccccc2)nc2ccccc12. The van der Waals surface area contributed by atoms with Crippen LogP contribution in [0, 0.1) is 6.92 Å². The zero-order valence-electron chi connectivity index (χ0n) is 11.9. The molecule has 2 heteroatoms. The molecule has 100 valence electrons. The van der Waals surface area contributed by atoms with Crippen LogP contribution in [-0.4, -0.2) is 9.97 Å². The van der Waals surface area contributed by atoms with Gasteiger partial charge in [0.1, 0.15) is 0 Å². The van der Waals surface area contributed by atoms with Gasteiger partial charge in [-0.2, -0.15) is 0 Å². The van der Waals surface area contributed by atoms with E-state index in [2.05, 4.69) is 22.6 Å². The van der Waals surface area contributed by atoms with Crippen LogP contribution < -0.4 is 0 Å². The summed E-state index contributed by atoms with van der Waals surface area (Å²) < 4.78 is 0. The van der Waals surface area contributed by atoms with E-state index in [1.165, 1.54) is 0 Å². The molecule has 0 fully saturated rings. The molecule has 0 saturated heterocycles. The van der Waals surface area contributed by atoms with Crippen LogP contribution in [0.1, 0.15) is 12.6 Å². The Morgan fingerprint density at radius 2 is 1.50 bits per heavy atom. The maximum absolute atomic E-state index is 4.60. The Labute approximate surface area is 119 Å². The van der Waals surface area contributed by atoms with E-state index in [1.54, 1.807) is 6.08 Å². The normalized spacial score (nSPS) is 9.70. The van der Waals surface area contributed by atoms with Gasteiger partial charge in [-0.15, -0.1) is 6.58 Å². The summed E-state index contributed by atoms with van der Waals surface area (Å²) in [6.07, 6.45) is 1.75. The van der Waals surface area contributed by atoms with Crippen molar-refractivity contribution in [1.29, 1.82) is 0 Å². The molecule has 0 aliphatic carbocycles. The minimum atomic E-state index is 0.793. The third-order valence-corrected chi connectivity index (χ3v) is 2.83. The van der Waals surface area contributed by atoms with E-state index in [0.717, 1.165) is 28.0 Å². The fourth-order valence-electron chi connectivity index (χ4n) is 1.95. The molecule has 0 spiro atoms. The highest BCUT2D eigenvalue weighted by atomic mass is 14.9. The van der Waals surface area contributed by atoms with Gasteiger partial charge in [0.2, 0.25) is 0 Å². The van der Waals surface area contributed by atoms with Crippen LogP contribution >= 0.6 is 0 Å². The standard InChI is InChI=1S/C15H12N2.C3H6/c1-11-13-9-5-6-10-14(13)17-15(16-11)12-7-3-2-4-8-12;1-3-2/h2-10H,1H3;3H,1H2,2H3. The average molecular weight is 262 g/mol. The van der Waals surface area contributed by atoms with Crippen LogP contribution in [0.4, 0.5) is 0 Å². The second-order valence-corrected chi connectivity index (χ2v) is 4.42. The Kier molecular flexibility index (Phi) is 4.61. The molecule has 0 unspecified atom stereocenters. The van der Waals surface area contributed by atoms with Crippen molar-refractivity contribution in [3.63, 3.8) is 0 Å². The van der Waals surface area contributed by atoms with E-state index in [-0.39, 0.29) is 0 Å². The van der Waals surface area contributed by atoms with Crippen LogP contribution in [0.25, 0.3) is 22.3 Å². The first-order chi connectivity index (χ1) is 9.76. The Bertz CT molecular complexity index is 703. The first-order valence-electron chi connectivity index (χ1n) is 6.62. The van der Waals surface area contributed by atoms with Gasteiger partial charge < -0.3 is 0 Å². The van der Waals surface area contributed by atoms with Crippen LogP contribution in [0.15, 0.2) is 67.3 Å². The molecule has 3 aromatic rings. The molecule has 3 rings (SSSR count). The van der Waals surface area contributed by atoms with Gasteiger partial charge in [0.15, 0.2) is 5.82 Å². The number of benzene rings is 2. The van der Waals surface area contributed by atoms with E-state index in [9.17, 15) is 0 Å². The van der Waals surface area contributed by atoms with Gasteiger partial charge >= 0.3 is 0 Å². The number of nitrogens with zero attached hydrogens (tertiary/aromatic N) is 2. The van der Waals surface area contributed by atoms with Crippen LogP contribution in [0.3, 0.4) is 0 Å². The Morgan fingerprint density at radius 3 is 2.20 bits per heavy atom. The van der Waals surface area contributed by atoms with Crippen LogP contribution in [0.5, 0.6) is 0 Å². The van der Waals surface area contributed by atoms with E-state index in [4.69, 9.17) is 0 Å². The highest BCUT2D eigenvalue weighted by Crippen LogP contribution is 2.20. The number of hydrogen-bond donors (Lipinski definition) is 0. The van der Waals surface area contributed by atoms with E-state index < -0.39 is 0 Å². The summed E-state index contributed by atoms with van der Waals surface area (Å²) in [5, 5.41) is 1.12. The number of para-hydroxylation sites is 1. The van der Waals surface area contributed by atoms with Gasteiger partial charge in [-0.3, -0.25) is 0 Å². The molecular weight excluding hydrogens is 244 g/mol. The van der Waals surface area contributed by atoms with Crippen molar-refractivity contribution in [2.75, 3.05) is 0 Å². The third-order valence-electron chi connectivity index (χ3n) is 2.83. The Morgan fingerprint density at radius 1 is 0.900 bits per heavy atom. The highest BCUT2D eigenvalue weighted by Gasteiger charge is 2.05. The fraction of sp³-hybridized carbons (Fsp3) is 0.111. The van der Waals surface area contributed by atoms with Gasteiger partial charge in [0.05, 0.1) is 5.52 Å². The van der Waals surface area contributed by atoms with E-state index in [0.29, 0.717) is 0 Å². The van der Waals surface area contributed by atoms with Crippen molar-refractivity contribution in [3.8, 4) is 11.4 Å². The van der Waals surface area contributed by atoms with Gasteiger partial charge in [0.25, 0.3) is 0 Å². The molecular formula is C18H18N2. The molecule has 1 heterocycles. The lowest BCUT2D eigenvalue weighted by molar-refractivity contribution is 1.16. The van der Waals surface area contributed by atoms with Crippen molar-refractivity contribution in [3.05, 3.63) is 72.9 Å². The fourth-order valence-corrected chi connectivity index (χ4v) is 1.95. The maximum Gasteiger partial charge on any atom is 0.160 e. The Hall–Kier alpha value is -2.48. The lowest BCUT2D eigenvalue weighted by atomic mass is 10.1. The number of hydrogen-bond acceptors (Lipinski definition) is 2. The monoisotopic (exact) mass is 262 g/mol. The summed E-state index contributed by atoms with van der Waals surface area (Å²) in [5.74, 6) is 0.793. The zero-order valence-corrected chi connectivity index (χ0v) is 11.9. The van der Waals surface area contributed by atoms with Gasteiger partial charge in [0, 0.05) is 16.6 Å². The Balaban J connectivity index is 0.000000452. The second kappa shape index (κ2) is 6.62. The first-order valence-corrected chi connectivity index (χ1v) is 6.62. The molecule has 2 aromatic carbocycles. The molecule has 2 nitrogen and oxygen atoms in total. The second-order valence-electron chi connectivity index (χ2n) is 4.42. The minimum absolute atomic E-state index is 0.793. The molecule has 0 radical (unpaired) electrons. The summed E-state index contributed by atoms with van der Waals surface area (Å²) >= 11 is 0. The molecule has 0 aliphatic heterocycles. The molecule has 0 atom stereocenters. The predicted octanol–water partition coefficient (Wildman–Crippen LogP) is 4.80. The van der Waals surface area contributed by atoms with Gasteiger partial charge in [-0.1, -0.05) is 54.6 Å². The minimum Gasteiger partial charge on any atom is -0.233 e. The van der Waals surface area contributed by atoms with Crippen molar-refractivity contribution in [2.24, 2.45) is 0 Å². The number of allylic oxidation sites excluding steroid dienone is 1. The summed E-state index contributed by atoms with van der Waals surface area (Å²) in [4.78, 5) is 9.16. The third kappa shape index (κ3) is 3.09. The smallest absolute Gasteiger partial charge is 0.160 e. The number of rotatable bonds is 1. The zero-order chi connectivity index (χ0) is 14.4. The highest BCUT2D eigenvalue weighted by molar-refractivity contribution is 5.82. The topological polar surface area (TPSA) is 25.8 Å². The number of aromatic nitrogens is 2. The van der Waals surface area contributed by atoms with Gasteiger partial charge in [-0.25, -0.2) is 9.97 Å². The van der Waals surface area contributed by atoms with Crippen molar-refractivity contribution >= 4 is 10.9 Å². The lowest BCUT2D eigenvalue weighted by Gasteiger charge is -2.05. The van der Waals surface area contributed by atoms with E-state index >= 15 is 0 Å². The maximum atomic E-state index is 4.60. The molecule has 0 bridgehead atoms. The van der Waals surface area contributed by atoms with Crippen molar-refractivity contribution in [2.45, 2.75) is 13.8 Å². The van der Waals surface area contributed by atoms with Gasteiger partial charge in [-0.05, 0) is 19.9 Å². The molecule has 0 N–H and O–H groups in total. The summed E-state index contributed by atoms with van der Waals surface area (Å²) in [5.41, 5.74) is 3.08. The molecule has 0 amide bonds.